The number of nitrogens with zero attached hydrogens (tertiary/aromatic N) is 4. The summed E-state index contributed by atoms with van der Waals surface area (Å²) in [4.78, 5) is 19.7. The van der Waals surface area contributed by atoms with Crippen LogP contribution < -0.4 is 0 Å². The molecule has 0 saturated carbocycles. The van der Waals surface area contributed by atoms with E-state index >= 15 is 0 Å². The van der Waals surface area contributed by atoms with Crippen LogP contribution in [0.4, 0.5) is 0 Å². The molecule has 9 aromatic rings. The summed E-state index contributed by atoms with van der Waals surface area (Å²) in [6.07, 6.45) is 0. The van der Waals surface area contributed by atoms with Crippen molar-refractivity contribution in [2.24, 2.45) is 0 Å². The van der Waals surface area contributed by atoms with Crippen molar-refractivity contribution in [3.8, 4) is 56.4 Å². The minimum atomic E-state index is -0.154. The zero-order valence-electron chi connectivity index (χ0n) is 26.8. The van der Waals surface area contributed by atoms with Crippen LogP contribution in [0.2, 0.25) is 0 Å². The van der Waals surface area contributed by atoms with Gasteiger partial charge in [-0.15, -0.1) is 11.3 Å². The van der Waals surface area contributed by atoms with Gasteiger partial charge in [-0.2, -0.15) is 0 Å². The van der Waals surface area contributed by atoms with E-state index in [1.54, 1.807) is 11.3 Å². The second-order valence-corrected chi connectivity index (χ2v) is 14.0. The van der Waals surface area contributed by atoms with Crippen molar-refractivity contribution in [2.75, 3.05) is 0 Å². The van der Waals surface area contributed by atoms with Gasteiger partial charge in [-0.3, -0.25) is 0 Å². The van der Waals surface area contributed by atoms with Crippen LogP contribution >= 0.6 is 11.3 Å². The zero-order chi connectivity index (χ0) is 32.7. The molecule has 0 amide bonds. The molecule has 0 saturated heterocycles. The van der Waals surface area contributed by atoms with Crippen molar-refractivity contribution in [3.63, 3.8) is 0 Å². The van der Waals surface area contributed by atoms with Gasteiger partial charge in [0.1, 0.15) is 11.2 Å². The van der Waals surface area contributed by atoms with Crippen molar-refractivity contribution in [1.82, 2.24) is 19.9 Å². The first kappa shape index (κ1) is 28.1. The molecule has 5 nitrogen and oxygen atoms in total. The van der Waals surface area contributed by atoms with Crippen LogP contribution in [0, 0.1) is 0 Å². The maximum absolute atomic E-state index is 6.73. The number of furan rings is 1. The molecule has 0 fully saturated rings. The Morgan fingerprint density at radius 3 is 1.94 bits per heavy atom. The molecule has 232 valence electrons. The molecule has 0 N–H and O–H groups in total. The molecule has 0 atom stereocenters. The molecule has 3 heterocycles. The third-order valence-corrected chi connectivity index (χ3v) is 10.7. The van der Waals surface area contributed by atoms with Crippen molar-refractivity contribution in [3.05, 3.63) is 144 Å². The highest BCUT2D eigenvalue weighted by molar-refractivity contribution is 7.16. The highest BCUT2D eigenvalue weighted by Crippen LogP contribution is 2.52. The number of aromatic nitrogens is 4. The monoisotopic (exact) mass is 648 g/mol. The summed E-state index contributed by atoms with van der Waals surface area (Å²) in [5, 5.41) is 2.02. The largest absolute Gasteiger partial charge is 0.455 e. The molecule has 0 radical (unpaired) electrons. The topological polar surface area (TPSA) is 64.7 Å². The van der Waals surface area contributed by atoms with E-state index in [1.165, 1.54) is 27.0 Å². The van der Waals surface area contributed by atoms with Crippen molar-refractivity contribution < 1.29 is 4.42 Å². The van der Waals surface area contributed by atoms with Crippen LogP contribution in [-0.2, 0) is 5.41 Å². The molecule has 0 spiro atoms. The fourth-order valence-electron chi connectivity index (χ4n) is 7.42. The first-order valence-corrected chi connectivity index (χ1v) is 17.3. The minimum absolute atomic E-state index is 0.154. The number of hydrogen-bond acceptors (Lipinski definition) is 6. The molecule has 49 heavy (non-hydrogen) atoms. The fourth-order valence-corrected chi connectivity index (χ4v) is 8.12. The smallest absolute Gasteiger partial charge is 0.164 e. The Balaban J connectivity index is 1.19. The highest BCUT2D eigenvalue weighted by Gasteiger charge is 2.36. The van der Waals surface area contributed by atoms with Crippen LogP contribution in [0.1, 0.15) is 25.0 Å². The lowest BCUT2D eigenvalue weighted by atomic mass is 9.81. The quantitative estimate of drug-likeness (QED) is 0.190. The Morgan fingerprint density at radius 2 is 1.18 bits per heavy atom. The number of rotatable bonds is 4. The van der Waals surface area contributed by atoms with E-state index in [4.69, 9.17) is 19.4 Å². The third-order valence-electron chi connectivity index (χ3n) is 9.90. The summed E-state index contributed by atoms with van der Waals surface area (Å²) in [5.41, 5.74) is 14.6. The van der Waals surface area contributed by atoms with Crippen LogP contribution in [0.15, 0.2) is 137 Å². The Morgan fingerprint density at radius 1 is 0.551 bits per heavy atom. The standard InChI is InChI=1S/C43H28N4OS/c1-43(2)33-21-27(17-18-29(33)32-22-35-37(23-34(32)43)49-24-44-35)28-19-20-31(38-30-15-9-10-16-36(30)48-39(28)38)42-46-40(25-11-5-3-6-12-25)45-41(47-42)26-13-7-4-8-14-26/h3-24H,1-2H3. The number of hydrogen-bond donors (Lipinski definition) is 0. The van der Waals surface area contributed by atoms with Gasteiger partial charge in [-0.1, -0.05) is 105 Å². The lowest BCUT2D eigenvalue weighted by Crippen LogP contribution is -2.15. The normalized spacial score (nSPS) is 13.3. The van der Waals surface area contributed by atoms with Crippen molar-refractivity contribution in [1.29, 1.82) is 0 Å². The van der Waals surface area contributed by atoms with Gasteiger partial charge in [0, 0.05) is 38.4 Å². The first-order valence-electron chi connectivity index (χ1n) is 16.4. The van der Waals surface area contributed by atoms with E-state index in [1.807, 2.05) is 78.3 Å². The molecular formula is C43H28N4OS. The number of fused-ring (bicyclic) bond motifs is 7. The summed E-state index contributed by atoms with van der Waals surface area (Å²) in [5.74, 6) is 1.87. The minimum Gasteiger partial charge on any atom is -0.455 e. The Hall–Kier alpha value is -5.98. The zero-order valence-corrected chi connectivity index (χ0v) is 27.6. The Kier molecular flexibility index (Phi) is 6.02. The molecule has 6 aromatic carbocycles. The van der Waals surface area contributed by atoms with Gasteiger partial charge in [0.15, 0.2) is 17.5 Å². The summed E-state index contributed by atoms with van der Waals surface area (Å²) in [7, 11) is 0. The van der Waals surface area contributed by atoms with E-state index in [9.17, 15) is 0 Å². The molecule has 6 heteroatoms. The first-order chi connectivity index (χ1) is 24.0. The third kappa shape index (κ3) is 4.31. The second-order valence-electron chi connectivity index (χ2n) is 13.1. The Bertz CT molecular complexity index is 2690. The second kappa shape index (κ2) is 10.5. The predicted octanol–water partition coefficient (Wildman–Crippen LogP) is 11.4. The van der Waals surface area contributed by atoms with Crippen LogP contribution in [0.25, 0.3) is 88.6 Å². The van der Waals surface area contributed by atoms with E-state index in [-0.39, 0.29) is 5.41 Å². The van der Waals surface area contributed by atoms with E-state index in [0.29, 0.717) is 17.5 Å². The van der Waals surface area contributed by atoms with E-state index in [0.717, 1.165) is 55.3 Å². The number of thiazole rings is 1. The fraction of sp³-hybridized carbons (Fsp3) is 0.0698. The van der Waals surface area contributed by atoms with Gasteiger partial charge in [0.25, 0.3) is 0 Å². The molecule has 0 aliphatic heterocycles. The summed E-state index contributed by atoms with van der Waals surface area (Å²) >= 11 is 1.70. The molecule has 1 aliphatic rings. The van der Waals surface area contributed by atoms with Gasteiger partial charge < -0.3 is 4.42 Å². The van der Waals surface area contributed by atoms with Gasteiger partial charge >= 0.3 is 0 Å². The molecule has 10 rings (SSSR count). The summed E-state index contributed by atoms with van der Waals surface area (Å²) in [6, 6.07) is 44.1. The SMILES string of the molecule is CC1(C)c2cc(-c3ccc(-c4nc(-c5ccccc5)nc(-c5ccccc5)n4)c4c3oc3ccccc34)ccc2-c2cc3ncsc3cc21. The average molecular weight is 649 g/mol. The molecule has 1 aliphatic carbocycles. The van der Waals surface area contributed by atoms with Crippen LogP contribution in [0.5, 0.6) is 0 Å². The Labute approximate surface area is 286 Å². The summed E-state index contributed by atoms with van der Waals surface area (Å²) in [6.45, 7) is 4.65. The van der Waals surface area contributed by atoms with E-state index in [2.05, 4.69) is 73.4 Å². The molecule has 0 unspecified atom stereocenters. The molecular weight excluding hydrogens is 621 g/mol. The van der Waals surface area contributed by atoms with Gasteiger partial charge in [0.05, 0.1) is 15.7 Å². The molecule has 0 bridgehead atoms. The van der Waals surface area contributed by atoms with Crippen LogP contribution in [0.3, 0.4) is 0 Å². The van der Waals surface area contributed by atoms with Gasteiger partial charge in [0.2, 0.25) is 0 Å². The maximum atomic E-state index is 6.73. The van der Waals surface area contributed by atoms with E-state index < -0.39 is 0 Å². The molecule has 3 aromatic heterocycles. The van der Waals surface area contributed by atoms with Crippen molar-refractivity contribution >= 4 is 43.5 Å². The predicted molar refractivity (Wildman–Crippen MR) is 200 cm³/mol. The summed E-state index contributed by atoms with van der Waals surface area (Å²) < 4.78 is 7.95. The van der Waals surface area contributed by atoms with Crippen molar-refractivity contribution in [2.45, 2.75) is 19.3 Å². The lowest BCUT2D eigenvalue weighted by Gasteiger charge is -2.22. The number of para-hydroxylation sites is 1. The number of benzene rings is 6. The lowest BCUT2D eigenvalue weighted by molar-refractivity contribution is 0.661. The average Bonchev–Trinajstić information content (AvgIpc) is 3.84. The maximum Gasteiger partial charge on any atom is 0.164 e. The highest BCUT2D eigenvalue weighted by atomic mass is 32.1. The van der Waals surface area contributed by atoms with Crippen LogP contribution in [-0.4, -0.2) is 19.9 Å². The van der Waals surface area contributed by atoms with Gasteiger partial charge in [-0.05, 0) is 64.2 Å². The van der Waals surface area contributed by atoms with Gasteiger partial charge in [-0.25, -0.2) is 19.9 Å².